The third kappa shape index (κ3) is 1.74. The first-order chi connectivity index (χ1) is 9.83. The van der Waals surface area contributed by atoms with Gasteiger partial charge in [-0.3, -0.25) is 0 Å². The molecule has 0 spiro atoms. The Morgan fingerprint density at radius 2 is 2.30 bits per heavy atom. The van der Waals surface area contributed by atoms with Crippen LogP contribution < -0.4 is 5.32 Å². The first-order valence-corrected chi connectivity index (χ1v) is 6.94. The van der Waals surface area contributed by atoms with Crippen LogP contribution in [0.2, 0.25) is 0 Å². The minimum absolute atomic E-state index is 0.214. The van der Waals surface area contributed by atoms with Crippen molar-refractivity contribution < 1.29 is 4.52 Å². The molecule has 5 nitrogen and oxygen atoms in total. The molecule has 2 aromatic heterocycles. The van der Waals surface area contributed by atoms with E-state index in [1.807, 2.05) is 25.4 Å². The molecule has 1 atom stereocenters. The van der Waals surface area contributed by atoms with Gasteiger partial charge in [0.25, 0.3) is 0 Å². The number of nitrogens with zero attached hydrogens (tertiary/aromatic N) is 3. The molecule has 3 aromatic rings. The molecule has 1 saturated heterocycles. The normalized spacial score (nSPS) is 18.9. The third-order valence-corrected chi connectivity index (χ3v) is 3.97. The largest absolute Gasteiger partial charge is 0.351 e. The van der Waals surface area contributed by atoms with Crippen molar-refractivity contribution in [1.29, 1.82) is 0 Å². The fourth-order valence-corrected chi connectivity index (χ4v) is 2.88. The van der Waals surface area contributed by atoms with Crippen LogP contribution in [0.4, 0.5) is 0 Å². The van der Waals surface area contributed by atoms with Gasteiger partial charge >= 0.3 is 0 Å². The van der Waals surface area contributed by atoms with Crippen LogP contribution in [0.15, 0.2) is 35.0 Å². The Bertz CT molecular complexity index is 752. The van der Waals surface area contributed by atoms with Crippen LogP contribution >= 0.6 is 0 Å². The van der Waals surface area contributed by atoms with E-state index in [1.54, 1.807) is 0 Å². The summed E-state index contributed by atoms with van der Waals surface area (Å²) in [5, 5.41) is 8.69. The molecule has 3 heterocycles. The van der Waals surface area contributed by atoms with Crippen LogP contribution in [0.1, 0.15) is 24.8 Å². The Labute approximate surface area is 116 Å². The number of hydrogen-bond donors (Lipinski definition) is 1. The molecule has 4 rings (SSSR count). The molecule has 0 radical (unpaired) electrons. The summed E-state index contributed by atoms with van der Waals surface area (Å²) >= 11 is 0. The number of aryl methyl sites for hydroxylation is 1. The highest BCUT2D eigenvalue weighted by Crippen LogP contribution is 2.29. The van der Waals surface area contributed by atoms with Gasteiger partial charge in [-0.05, 0) is 31.5 Å². The van der Waals surface area contributed by atoms with Crippen molar-refractivity contribution in [2.24, 2.45) is 7.05 Å². The molecule has 1 aromatic carbocycles. The number of fused-ring (bicyclic) bond motifs is 1. The molecule has 0 aliphatic carbocycles. The van der Waals surface area contributed by atoms with Gasteiger partial charge in [0, 0.05) is 29.7 Å². The van der Waals surface area contributed by atoms with E-state index in [4.69, 9.17) is 4.52 Å². The zero-order valence-corrected chi connectivity index (χ0v) is 11.3. The van der Waals surface area contributed by atoms with E-state index in [2.05, 4.69) is 32.2 Å². The summed E-state index contributed by atoms with van der Waals surface area (Å²) < 4.78 is 7.52. The topological polar surface area (TPSA) is 55.9 Å². The Hall–Kier alpha value is -2.14. The fraction of sp³-hybridized carbons (Fsp3) is 0.333. The van der Waals surface area contributed by atoms with Crippen molar-refractivity contribution >= 4 is 10.9 Å². The molecule has 0 amide bonds. The maximum atomic E-state index is 5.43. The second-order valence-electron chi connectivity index (χ2n) is 5.27. The molecule has 0 unspecified atom stereocenters. The molecule has 0 saturated carbocycles. The van der Waals surface area contributed by atoms with Gasteiger partial charge in [-0.2, -0.15) is 4.98 Å². The maximum absolute atomic E-state index is 5.43. The van der Waals surface area contributed by atoms with Gasteiger partial charge in [0.15, 0.2) is 0 Å². The van der Waals surface area contributed by atoms with E-state index in [0.717, 1.165) is 30.3 Å². The number of aromatic nitrogens is 3. The quantitative estimate of drug-likeness (QED) is 0.776. The van der Waals surface area contributed by atoms with Crippen LogP contribution in [-0.4, -0.2) is 21.3 Å². The van der Waals surface area contributed by atoms with Crippen molar-refractivity contribution in [3.05, 3.63) is 36.4 Å². The maximum Gasteiger partial charge on any atom is 0.244 e. The van der Waals surface area contributed by atoms with E-state index in [0.29, 0.717) is 11.7 Å². The lowest BCUT2D eigenvalue weighted by atomic mass is 10.1. The zero-order chi connectivity index (χ0) is 13.5. The van der Waals surface area contributed by atoms with Crippen LogP contribution in [-0.2, 0) is 7.05 Å². The number of hydrogen-bond acceptors (Lipinski definition) is 4. The molecule has 5 heteroatoms. The Kier molecular flexibility index (Phi) is 2.60. The van der Waals surface area contributed by atoms with Crippen molar-refractivity contribution in [3.8, 4) is 11.4 Å². The van der Waals surface area contributed by atoms with Gasteiger partial charge in [0.2, 0.25) is 11.7 Å². The van der Waals surface area contributed by atoms with Crippen LogP contribution in [0.3, 0.4) is 0 Å². The zero-order valence-electron chi connectivity index (χ0n) is 11.3. The average Bonchev–Trinajstić information content (AvgIpc) is 3.18. The standard InChI is InChI=1S/C15H16N4O/c1-19-9-7-10-11(4-2-6-13(10)19)14-17-15(20-18-14)12-5-3-8-16-12/h2,4,6-7,9,12,16H,3,5,8H2,1H3/t12-/m0/s1. The molecule has 1 aliphatic rings. The Morgan fingerprint density at radius 1 is 1.35 bits per heavy atom. The molecular formula is C15H16N4O. The molecule has 0 bridgehead atoms. The number of nitrogens with one attached hydrogen (secondary N) is 1. The highest BCUT2D eigenvalue weighted by molar-refractivity contribution is 5.93. The summed E-state index contributed by atoms with van der Waals surface area (Å²) in [6.45, 7) is 1.02. The second-order valence-corrected chi connectivity index (χ2v) is 5.27. The third-order valence-electron chi connectivity index (χ3n) is 3.97. The van der Waals surface area contributed by atoms with Crippen molar-refractivity contribution in [2.45, 2.75) is 18.9 Å². The van der Waals surface area contributed by atoms with Crippen LogP contribution in [0.25, 0.3) is 22.3 Å². The summed E-state index contributed by atoms with van der Waals surface area (Å²) in [6, 6.07) is 8.47. The first kappa shape index (κ1) is 11.7. The molecule has 20 heavy (non-hydrogen) atoms. The van der Waals surface area contributed by atoms with Crippen molar-refractivity contribution in [2.75, 3.05) is 6.54 Å². The first-order valence-electron chi connectivity index (χ1n) is 6.94. The van der Waals surface area contributed by atoms with Gasteiger partial charge in [0.1, 0.15) is 0 Å². The number of benzene rings is 1. The average molecular weight is 268 g/mol. The predicted octanol–water partition coefficient (Wildman–Crippen LogP) is 2.65. The van der Waals surface area contributed by atoms with Crippen molar-refractivity contribution in [3.63, 3.8) is 0 Å². The minimum atomic E-state index is 0.214. The predicted molar refractivity (Wildman–Crippen MR) is 76.2 cm³/mol. The Balaban J connectivity index is 1.79. The Morgan fingerprint density at radius 3 is 3.15 bits per heavy atom. The summed E-state index contributed by atoms with van der Waals surface area (Å²) in [5.41, 5.74) is 2.20. The van der Waals surface area contributed by atoms with Gasteiger partial charge in [-0.15, -0.1) is 0 Å². The SMILES string of the molecule is Cn1ccc2c(-c3noc([C@@H]4CCCN4)n3)cccc21. The van der Waals surface area contributed by atoms with E-state index in [1.165, 1.54) is 5.52 Å². The lowest BCUT2D eigenvalue weighted by Crippen LogP contribution is -2.12. The molecule has 1 N–H and O–H groups in total. The van der Waals surface area contributed by atoms with Crippen molar-refractivity contribution in [1.82, 2.24) is 20.0 Å². The second kappa shape index (κ2) is 4.45. The summed E-state index contributed by atoms with van der Waals surface area (Å²) in [4.78, 5) is 4.57. The van der Waals surface area contributed by atoms with E-state index < -0.39 is 0 Å². The number of rotatable bonds is 2. The van der Waals surface area contributed by atoms with Crippen LogP contribution in [0.5, 0.6) is 0 Å². The molecule has 1 aliphatic heterocycles. The van der Waals surface area contributed by atoms with E-state index in [-0.39, 0.29) is 6.04 Å². The van der Waals surface area contributed by atoms with Gasteiger partial charge in [-0.1, -0.05) is 17.3 Å². The lowest BCUT2D eigenvalue weighted by Gasteiger charge is -2.02. The van der Waals surface area contributed by atoms with Gasteiger partial charge in [-0.25, -0.2) is 0 Å². The fourth-order valence-electron chi connectivity index (χ4n) is 2.88. The van der Waals surface area contributed by atoms with Crippen LogP contribution in [0, 0.1) is 0 Å². The summed E-state index contributed by atoms with van der Waals surface area (Å²) in [6.07, 6.45) is 4.28. The summed E-state index contributed by atoms with van der Waals surface area (Å²) in [7, 11) is 2.04. The smallest absolute Gasteiger partial charge is 0.244 e. The van der Waals surface area contributed by atoms with Gasteiger partial charge in [0.05, 0.1) is 6.04 Å². The minimum Gasteiger partial charge on any atom is -0.351 e. The highest BCUT2D eigenvalue weighted by Gasteiger charge is 2.23. The highest BCUT2D eigenvalue weighted by atomic mass is 16.5. The van der Waals surface area contributed by atoms with E-state index in [9.17, 15) is 0 Å². The monoisotopic (exact) mass is 268 g/mol. The molecule has 1 fully saturated rings. The lowest BCUT2D eigenvalue weighted by molar-refractivity contribution is 0.345. The molecular weight excluding hydrogens is 252 g/mol. The van der Waals surface area contributed by atoms with Gasteiger partial charge < -0.3 is 14.4 Å². The van der Waals surface area contributed by atoms with E-state index >= 15 is 0 Å². The molecule has 102 valence electrons. The summed E-state index contributed by atoms with van der Waals surface area (Å²) in [5.74, 6) is 1.37.